The highest BCUT2D eigenvalue weighted by molar-refractivity contribution is 6.30. The molecular formula is C35H39ClN4O2. The summed E-state index contributed by atoms with van der Waals surface area (Å²) in [7, 11) is 0. The van der Waals surface area contributed by atoms with Crippen LogP contribution < -0.4 is 4.74 Å². The molecule has 4 rings (SSSR count). The molecule has 218 valence electrons. The van der Waals surface area contributed by atoms with E-state index in [4.69, 9.17) is 16.3 Å². The first kappa shape index (κ1) is 31.0. The number of aliphatic imine (C=N–C) groups is 1. The predicted octanol–water partition coefficient (Wildman–Crippen LogP) is 8.04. The molecule has 1 amide bonds. The van der Waals surface area contributed by atoms with Gasteiger partial charge in [-0.1, -0.05) is 56.1 Å². The molecule has 0 N–H and O–H groups in total. The Kier molecular flexibility index (Phi) is 10.9. The number of benzene rings is 3. The second-order valence-corrected chi connectivity index (χ2v) is 11.3. The molecule has 1 aliphatic heterocycles. The fourth-order valence-electron chi connectivity index (χ4n) is 5.10. The van der Waals surface area contributed by atoms with Crippen molar-refractivity contribution < 1.29 is 9.53 Å². The third kappa shape index (κ3) is 8.31. The number of hydrogen-bond donors (Lipinski definition) is 0. The van der Waals surface area contributed by atoms with E-state index in [1.54, 1.807) is 6.07 Å². The molecule has 3 aromatic rings. The summed E-state index contributed by atoms with van der Waals surface area (Å²) in [6, 6.07) is 21.5. The lowest BCUT2D eigenvalue weighted by Gasteiger charge is -2.35. The van der Waals surface area contributed by atoms with Crippen LogP contribution in [0.25, 0.3) is 11.1 Å². The van der Waals surface area contributed by atoms with E-state index < -0.39 is 0 Å². The maximum atomic E-state index is 13.3. The minimum absolute atomic E-state index is 0.0884. The Morgan fingerprint density at radius 1 is 1.10 bits per heavy atom. The standard InChI is InChI=1S/C35H39ClN4O2/c1-5-8-26(4)38-21-25(3)22-39-15-16-40(35(41)24-39)23-30-19-32(13-14-33(30)28-9-7-10-31(36)18-28)42-34-17-27(6-2)11-12-29(34)20-37/h7,9-14,17-19,21H,5-6,8,15-16,22-24H2,1-4H3/b25-21+,38-26?. The lowest BCUT2D eigenvalue weighted by atomic mass is 9.98. The van der Waals surface area contributed by atoms with Crippen LogP contribution in [0.3, 0.4) is 0 Å². The zero-order valence-electron chi connectivity index (χ0n) is 25.0. The normalized spacial score (nSPS) is 14.7. The first-order valence-electron chi connectivity index (χ1n) is 14.6. The molecule has 0 atom stereocenters. The van der Waals surface area contributed by atoms with Gasteiger partial charge in [0.25, 0.3) is 0 Å². The van der Waals surface area contributed by atoms with Crippen molar-refractivity contribution in [1.29, 1.82) is 5.26 Å². The second-order valence-electron chi connectivity index (χ2n) is 10.8. The van der Waals surface area contributed by atoms with E-state index >= 15 is 0 Å². The van der Waals surface area contributed by atoms with Crippen LogP contribution in [-0.2, 0) is 17.8 Å². The number of ether oxygens (including phenoxy) is 1. The summed E-state index contributed by atoms with van der Waals surface area (Å²) in [5.74, 6) is 1.23. The van der Waals surface area contributed by atoms with Crippen LogP contribution in [0.1, 0.15) is 57.2 Å². The smallest absolute Gasteiger partial charge is 0.237 e. The number of rotatable bonds is 11. The molecule has 1 aliphatic rings. The van der Waals surface area contributed by atoms with Crippen LogP contribution in [0.15, 0.2) is 77.4 Å². The summed E-state index contributed by atoms with van der Waals surface area (Å²) in [6.45, 7) is 11.3. The molecule has 1 fully saturated rings. The fraction of sp³-hybridized carbons (Fsp3) is 0.343. The fourth-order valence-corrected chi connectivity index (χ4v) is 5.29. The minimum atomic E-state index is 0.0884. The third-order valence-corrected chi connectivity index (χ3v) is 7.60. The average Bonchev–Trinajstić information content (AvgIpc) is 2.98. The van der Waals surface area contributed by atoms with E-state index in [1.807, 2.05) is 65.7 Å². The maximum absolute atomic E-state index is 13.3. The van der Waals surface area contributed by atoms with Crippen molar-refractivity contribution in [2.75, 3.05) is 26.2 Å². The molecule has 1 saturated heterocycles. The van der Waals surface area contributed by atoms with Gasteiger partial charge < -0.3 is 9.64 Å². The van der Waals surface area contributed by atoms with Gasteiger partial charge in [0.2, 0.25) is 5.91 Å². The predicted molar refractivity (Wildman–Crippen MR) is 171 cm³/mol. The number of aryl methyl sites for hydroxylation is 1. The molecule has 1 heterocycles. The van der Waals surface area contributed by atoms with Gasteiger partial charge >= 0.3 is 0 Å². The van der Waals surface area contributed by atoms with Gasteiger partial charge in [0.1, 0.15) is 17.6 Å². The Balaban J connectivity index is 1.55. The lowest BCUT2D eigenvalue weighted by Crippen LogP contribution is -2.50. The molecule has 42 heavy (non-hydrogen) atoms. The van der Waals surface area contributed by atoms with Crippen LogP contribution in [0.2, 0.25) is 5.02 Å². The Morgan fingerprint density at radius 2 is 1.93 bits per heavy atom. The molecule has 6 nitrogen and oxygen atoms in total. The largest absolute Gasteiger partial charge is 0.456 e. The van der Waals surface area contributed by atoms with Gasteiger partial charge in [-0.05, 0) is 90.9 Å². The zero-order valence-corrected chi connectivity index (χ0v) is 25.7. The molecule has 7 heteroatoms. The summed E-state index contributed by atoms with van der Waals surface area (Å²) >= 11 is 6.34. The molecule has 0 unspecified atom stereocenters. The van der Waals surface area contributed by atoms with Gasteiger partial charge in [-0.2, -0.15) is 5.26 Å². The highest BCUT2D eigenvalue weighted by Crippen LogP contribution is 2.33. The number of nitriles is 1. The van der Waals surface area contributed by atoms with E-state index in [-0.39, 0.29) is 5.91 Å². The van der Waals surface area contributed by atoms with E-state index in [0.717, 1.165) is 65.9 Å². The van der Waals surface area contributed by atoms with Gasteiger partial charge in [0, 0.05) is 43.1 Å². The Hall–Kier alpha value is -3.92. The number of nitrogens with zero attached hydrogens (tertiary/aromatic N) is 4. The highest BCUT2D eigenvalue weighted by atomic mass is 35.5. The number of carbonyl (C=O) groups excluding carboxylic acids is 1. The number of piperazine rings is 1. The van der Waals surface area contributed by atoms with E-state index in [1.165, 1.54) is 0 Å². The maximum Gasteiger partial charge on any atom is 0.237 e. The van der Waals surface area contributed by atoms with Crippen molar-refractivity contribution in [3.63, 3.8) is 0 Å². The SMILES string of the molecule is CCCC(C)=N/C=C(\C)CN1CCN(Cc2cc(Oc3cc(CC)ccc3C#N)ccc2-c2cccc(Cl)c2)C(=O)C1. The molecule has 0 aliphatic carbocycles. The van der Waals surface area contributed by atoms with Crippen LogP contribution in [0, 0.1) is 11.3 Å². The molecule has 0 saturated carbocycles. The van der Waals surface area contributed by atoms with Gasteiger partial charge in [-0.25, -0.2) is 0 Å². The van der Waals surface area contributed by atoms with Crippen LogP contribution in [0.4, 0.5) is 0 Å². The molecule has 0 spiro atoms. The highest BCUT2D eigenvalue weighted by Gasteiger charge is 2.25. The average molecular weight is 583 g/mol. The Bertz CT molecular complexity index is 1520. The number of carbonyl (C=O) groups is 1. The molecule has 0 aromatic heterocycles. The summed E-state index contributed by atoms with van der Waals surface area (Å²) in [4.78, 5) is 22.0. The molecule has 0 radical (unpaired) electrons. The van der Waals surface area contributed by atoms with Gasteiger partial charge in [0.05, 0.1) is 12.1 Å². The topological polar surface area (TPSA) is 68.9 Å². The number of amides is 1. The summed E-state index contributed by atoms with van der Waals surface area (Å²) in [6.07, 6.45) is 4.85. The first-order chi connectivity index (χ1) is 20.3. The Morgan fingerprint density at radius 3 is 2.64 bits per heavy atom. The number of halogens is 1. The van der Waals surface area contributed by atoms with Crippen LogP contribution in [0.5, 0.6) is 11.5 Å². The monoisotopic (exact) mass is 582 g/mol. The van der Waals surface area contributed by atoms with Crippen molar-refractivity contribution in [2.24, 2.45) is 4.99 Å². The van der Waals surface area contributed by atoms with E-state index in [2.05, 4.69) is 43.7 Å². The molecule has 3 aromatic carbocycles. The third-order valence-electron chi connectivity index (χ3n) is 7.36. The Labute approximate surface area is 254 Å². The van der Waals surface area contributed by atoms with Crippen LogP contribution in [-0.4, -0.2) is 47.6 Å². The first-order valence-corrected chi connectivity index (χ1v) is 15.0. The molecular weight excluding hydrogens is 544 g/mol. The van der Waals surface area contributed by atoms with E-state index in [0.29, 0.717) is 41.7 Å². The van der Waals surface area contributed by atoms with Crippen molar-refractivity contribution >= 4 is 23.2 Å². The van der Waals surface area contributed by atoms with Crippen molar-refractivity contribution in [2.45, 2.75) is 53.5 Å². The van der Waals surface area contributed by atoms with Gasteiger partial charge in [-0.15, -0.1) is 0 Å². The van der Waals surface area contributed by atoms with Crippen molar-refractivity contribution in [3.05, 3.63) is 94.1 Å². The second kappa shape index (κ2) is 14.8. The van der Waals surface area contributed by atoms with Gasteiger partial charge in [-0.3, -0.25) is 14.7 Å². The summed E-state index contributed by atoms with van der Waals surface area (Å²) in [5.41, 5.74) is 6.76. The van der Waals surface area contributed by atoms with Crippen molar-refractivity contribution in [3.8, 4) is 28.7 Å². The lowest BCUT2D eigenvalue weighted by molar-refractivity contribution is -0.136. The zero-order chi connectivity index (χ0) is 30.1. The minimum Gasteiger partial charge on any atom is -0.456 e. The summed E-state index contributed by atoms with van der Waals surface area (Å²) in [5, 5.41) is 10.3. The van der Waals surface area contributed by atoms with E-state index in [9.17, 15) is 10.1 Å². The number of hydrogen-bond acceptors (Lipinski definition) is 5. The van der Waals surface area contributed by atoms with Gasteiger partial charge in [0.15, 0.2) is 0 Å². The quantitative estimate of drug-likeness (QED) is 0.214. The van der Waals surface area contributed by atoms with Crippen LogP contribution >= 0.6 is 11.6 Å². The van der Waals surface area contributed by atoms with Crippen molar-refractivity contribution in [1.82, 2.24) is 9.80 Å². The summed E-state index contributed by atoms with van der Waals surface area (Å²) < 4.78 is 6.25. The molecule has 0 bridgehead atoms.